The zero-order valence-electron chi connectivity index (χ0n) is 10.6. The number of pyridine rings is 2. The maximum absolute atomic E-state index is 10.9. The van der Waals surface area contributed by atoms with Gasteiger partial charge in [-0.15, -0.1) is 0 Å². The minimum absolute atomic E-state index is 0.106. The number of carbonyl (C=O) groups is 1. The molecule has 0 atom stereocenters. The Balaban J connectivity index is 2.06. The summed E-state index contributed by atoms with van der Waals surface area (Å²) in [5.74, 6) is -0.195. The van der Waals surface area contributed by atoms with Gasteiger partial charge in [-0.1, -0.05) is 17.7 Å². The second kappa shape index (κ2) is 6.21. The van der Waals surface area contributed by atoms with Gasteiger partial charge in [-0.05, 0) is 17.7 Å². The number of hydrogen-bond donors (Lipinski definition) is 2. The molecule has 0 amide bonds. The van der Waals surface area contributed by atoms with Gasteiger partial charge in [0.25, 0.3) is 0 Å². The number of methoxy groups -OCH3 is 1. The van der Waals surface area contributed by atoms with E-state index in [1.54, 1.807) is 25.4 Å². The number of anilines is 1. The quantitative estimate of drug-likeness (QED) is 0.881. The molecule has 0 saturated carbocycles. The van der Waals surface area contributed by atoms with Crippen LogP contribution in [0.5, 0.6) is 5.88 Å². The lowest BCUT2D eigenvalue weighted by Crippen LogP contribution is -2.06. The van der Waals surface area contributed by atoms with Gasteiger partial charge in [0.15, 0.2) is 5.69 Å². The number of rotatable bonds is 5. The molecule has 0 radical (unpaired) electrons. The van der Waals surface area contributed by atoms with Crippen molar-refractivity contribution in [2.24, 2.45) is 0 Å². The fraction of sp³-hybridized carbons (Fsp3) is 0.154. The van der Waals surface area contributed by atoms with Gasteiger partial charge in [-0.2, -0.15) is 0 Å². The van der Waals surface area contributed by atoms with E-state index in [1.165, 1.54) is 6.07 Å². The lowest BCUT2D eigenvalue weighted by molar-refractivity contribution is 0.0691. The molecule has 0 fully saturated rings. The number of hydrogen-bond acceptors (Lipinski definition) is 5. The van der Waals surface area contributed by atoms with Crippen LogP contribution in [-0.4, -0.2) is 28.2 Å². The van der Waals surface area contributed by atoms with Crippen LogP contribution in [0, 0.1) is 0 Å². The van der Waals surface area contributed by atoms with Crippen LogP contribution in [0.2, 0.25) is 5.02 Å². The molecular weight excluding hydrogens is 282 g/mol. The lowest BCUT2D eigenvalue weighted by Gasteiger charge is -2.07. The van der Waals surface area contributed by atoms with E-state index in [4.69, 9.17) is 21.4 Å². The van der Waals surface area contributed by atoms with Crippen LogP contribution in [0.1, 0.15) is 16.1 Å². The summed E-state index contributed by atoms with van der Waals surface area (Å²) in [6.07, 6.45) is 1.67. The van der Waals surface area contributed by atoms with E-state index in [0.29, 0.717) is 18.2 Å². The molecule has 6 nitrogen and oxygen atoms in total. The molecule has 0 unspecified atom stereocenters. The molecule has 0 aliphatic rings. The molecule has 2 heterocycles. The predicted octanol–water partition coefficient (Wildman–Crippen LogP) is 2.45. The highest BCUT2D eigenvalue weighted by atomic mass is 35.5. The van der Waals surface area contributed by atoms with Crippen LogP contribution in [0.4, 0.5) is 5.82 Å². The topological polar surface area (TPSA) is 84.3 Å². The summed E-state index contributed by atoms with van der Waals surface area (Å²) in [6, 6.07) is 6.71. The summed E-state index contributed by atoms with van der Waals surface area (Å²) >= 11 is 5.75. The van der Waals surface area contributed by atoms with Gasteiger partial charge in [0, 0.05) is 18.8 Å². The van der Waals surface area contributed by atoms with E-state index < -0.39 is 5.97 Å². The first-order valence-electron chi connectivity index (χ1n) is 5.73. The first-order valence-corrected chi connectivity index (χ1v) is 6.10. The van der Waals surface area contributed by atoms with Gasteiger partial charge >= 0.3 is 5.97 Å². The Kier molecular flexibility index (Phi) is 4.37. The van der Waals surface area contributed by atoms with Gasteiger partial charge in [0.1, 0.15) is 5.82 Å². The molecule has 2 aromatic heterocycles. The van der Waals surface area contributed by atoms with Crippen molar-refractivity contribution in [2.45, 2.75) is 6.54 Å². The average Bonchev–Trinajstić information content (AvgIpc) is 2.46. The summed E-state index contributed by atoms with van der Waals surface area (Å²) in [4.78, 5) is 18.9. The summed E-state index contributed by atoms with van der Waals surface area (Å²) in [7, 11) is 1.55. The van der Waals surface area contributed by atoms with E-state index in [0.717, 1.165) is 5.56 Å². The van der Waals surface area contributed by atoms with Crippen LogP contribution in [-0.2, 0) is 6.54 Å². The van der Waals surface area contributed by atoms with Crippen molar-refractivity contribution in [3.05, 3.63) is 46.7 Å². The highest BCUT2D eigenvalue weighted by Crippen LogP contribution is 2.17. The Morgan fingerprint density at radius 3 is 2.80 bits per heavy atom. The molecular formula is C13H12ClN3O3. The van der Waals surface area contributed by atoms with Crippen molar-refractivity contribution in [3.63, 3.8) is 0 Å². The normalized spacial score (nSPS) is 10.1. The lowest BCUT2D eigenvalue weighted by atomic mass is 10.3. The van der Waals surface area contributed by atoms with Gasteiger partial charge < -0.3 is 15.2 Å². The molecule has 2 rings (SSSR count). The maximum Gasteiger partial charge on any atom is 0.356 e. The standard InChI is InChI=1S/C13H12ClN3O3/c1-20-11-5-2-8(7-16-11)6-15-10-4-3-9(14)12(17-10)13(18)19/h2-5,7H,6H2,1H3,(H,15,17)(H,18,19). The van der Waals surface area contributed by atoms with Gasteiger partial charge in [0.2, 0.25) is 5.88 Å². The van der Waals surface area contributed by atoms with E-state index in [-0.39, 0.29) is 10.7 Å². The van der Waals surface area contributed by atoms with Crippen molar-refractivity contribution in [2.75, 3.05) is 12.4 Å². The highest BCUT2D eigenvalue weighted by Gasteiger charge is 2.11. The molecule has 0 aromatic carbocycles. The number of carboxylic acids is 1. The molecule has 2 aromatic rings. The number of aromatic nitrogens is 2. The van der Waals surface area contributed by atoms with E-state index >= 15 is 0 Å². The molecule has 0 aliphatic heterocycles. The predicted molar refractivity (Wildman–Crippen MR) is 74.3 cm³/mol. The molecule has 2 N–H and O–H groups in total. The number of halogens is 1. The Morgan fingerprint density at radius 2 is 2.20 bits per heavy atom. The number of carboxylic acid groups (broad SMARTS) is 1. The minimum atomic E-state index is -1.16. The summed E-state index contributed by atoms with van der Waals surface area (Å²) in [5.41, 5.74) is 0.740. The van der Waals surface area contributed by atoms with E-state index in [9.17, 15) is 4.79 Å². The van der Waals surface area contributed by atoms with E-state index in [2.05, 4.69) is 15.3 Å². The largest absolute Gasteiger partial charge is 0.481 e. The zero-order chi connectivity index (χ0) is 14.5. The van der Waals surface area contributed by atoms with Crippen molar-refractivity contribution in [3.8, 4) is 5.88 Å². The molecule has 0 aliphatic carbocycles. The molecule has 20 heavy (non-hydrogen) atoms. The third-order valence-electron chi connectivity index (χ3n) is 2.53. The molecule has 104 valence electrons. The summed E-state index contributed by atoms with van der Waals surface area (Å²) in [5, 5.41) is 12.0. The smallest absolute Gasteiger partial charge is 0.356 e. The average molecular weight is 294 g/mol. The van der Waals surface area contributed by atoms with Crippen molar-refractivity contribution >= 4 is 23.4 Å². The molecule has 0 bridgehead atoms. The second-order valence-electron chi connectivity index (χ2n) is 3.89. The number of nitrogens with zero attached hydrogens (tertiary/aromatic N) is 2. The number of ether oxygens (including phenoxy) is 1. The van der Waals surface area contributed by atoms with Crippen molar-refractivity contribution in [1.29, 1.82) is 0 Å². The monoisotopic (exact) mass is 293 g/mol. The zero-order valence-corrected chi connectivity index (χ0v) is 11.4. The molecule has 0 saturated heterocycles. The van der Waals surface area contributed by atoms with Gasteiger partial charge in [-0.3, -0.25) is 0 Å². The third-order valence-corrected chi connectivity index (χ3v) is 2.83. The Bertz CT molecular complexity index is 617. The minimum Gasteiger partial charge on any atom is -0.481 e. The fourth-order valence-corrected chi connectivity index (χ4v) is 1.71. The Morgan fingerprint density at radius 1 is 1.40 bits per heavy atom. The number of nitrogens with one attached hydrogen (secondary N) is 1. The first kappa shape index (κ1) is 14.1. The highest BCUT2D eigenvalue weighted by molar-refractivity contribution is 6.33. The number of aromatic carboxylic acids is 1. The van der Waals surface area contributed by atoms with Crippen molar-refractivity contribution < 1.29 is 14.6 Å². The molecule has 7 heteroatoms. The van der Waals surface area contributed by atoms with Crippen LogP contribution in [0.25, 0.3) is 0 Å². The molecule has 0 spiro atoms. The van der Waals surface area contributed by atoms with E-state index in [1.807, 2.05) is 6.07 Å². The van der Waals surface area contributed by atoms with Gasteiger partial charge in [-0.25, -0.2) is 14.8 Å². The van der Waals surface area contributed by atoms with Crippen LogP contribution < -0.4 is 10.1 Å². The Labute approximate surface area is 120 Å². The van der Waals surface area contributed by atoms with Crippen LogP contribution >= 0.6 is 11.6 Å². The van der Waals surface area contributed by atoms with Crippen molar-refractivity contribution in [1.82, 2.24) is 9.97 Å². The fourth-order valence-electron chi connectivity index (χ4n) is 1.52. The summed E-state index contributed by atoms with van der Waals surface area (Å²) < 4.78 is 4.96. The van der Waals surface area contributed by atoms with Crippen LogP contribution in [0.15, 0.2) is 30.5 Å². The van der Waals surface area contributed by atoms with Gasteiger partial charge in [0.05, 0.1) is 12.1 Å². The third kappa shape index (κ3) is 3.36. The summed E-state index contributed by atoms with van der Waals surface area (Å²) in [6.45, 7) is 0.463. The van der Waals surface area contributed by atoms with Crippen LogP contribution in [0.3, 0.4) is 0 Å². The second-order valence-corrected chi connectivity index (χ2v) is 4.30. The SMILES string of the molecule is COc1ccc(CNc2ccc(Cl)c(C(=O)O)n2)cn1. The Hall–Kier alpha value is -2.34. The maximum atomic E-state index is 10.9. The first-order chi connectivity index (χ1) is 9.60.